The van der Waals surface area contributed by atoms with E-state index in [0.29, 0.717) is 17.1 Å². The van der Waals surface area contributed by atoms with Crippen molar-refractivity contribution in [1.29, 1.82) is 0 Å². The van der Waals surface area contributed by atoms with Crippen LogP contribution in [0.2, 0.25) is 0 Å². The average molecular weight is 410 g/mol. The van der Waals surface area contributed by atoms with Crippen LogP contribution >= 0.6 is 0 Å². The minimum atomic E-state index is -1.09. The molecule has 0 bridgehead atoms. The number of piperidine rings is 1. The van der Waals surface area contributed by atoms with E-state index in [-0.39, 0.29) is 25.3 Å². The lowest BCUT2D eigenvalue weighted by molar-refractivity contribution is -0.198. The first-order chi connectivity index (χ1) is 13.6. The van der Waals surface area contributed by atoms with Crippen LogP contribution in [0.5, 0.6) is 0 Å². The molecule has 2 rings (SSSR count). The number of imide groups is 1. The fourth-order valence-electron chi connectivity index (χ4n) is 3.53. The van der Waals surface area contributed by atoms with E-state index < -0.39 is 35.8 Å². The second-order valence-corrected chi connectivity index (χ2v) is 7.81. The highest BCUT2D eigenvalue weighted by Gasteiger charge is 2.34. The Kier molecular flexibility index (Phi) is 7.72. The maximum atomic E-state index is 12.3. The lowest BCUT2D eigenvalue weighted by atomic mass is 9.97. The first-order valence-electron chi connectivity index (χ1n) is 10.0. The van der Waals surface area contributed by atoms with Crippen molar-refractivity contribution in [2.45, 2.75) is 84.0 Å². The van der Waals surface area contributed by atoms with Gasteiger partial charge in [-0.3, -0.25) is 24.1 Å². The summed E-state index contributed by atoms with van der Waals surface area (Å²) in [7, 11) is 0. The molecule has 0 radical (unpaired) electrons. The van der Waals surface area contributed by atoms with Crippen molar-refractivity contribution in [3.8, 4) is 0 Å². The van der Waals surface area contributed by atoms with Crippen LogP contribution in [0.25, 0.3) is 0 Å². The van der Waals surface area contributed by atoms with Gasteiger partial charge in [0, 0.05) is 24.9 Å². The zero-order valence-electron chi connectivity index (χ0n) is 17.4. The summed E-state index contributed by atoms with van der Waals surface area (Å²) in [4.78, 5) is 66.5. The number of hydrogen-bond acceptors (Lipinski definition) is 7. The number of carbonyl (C=O) groups is 5. The first kappa shape index (κ1) is 22.8. The lowest BCUT2D eigenvalue weighted by Crippen LogP contribution is -2.54. The highest BCUT2D eigenvalue weighted by molar-refractivity contribution is 6.02. The molecule has 4 unspecified atom stereocenters. The van der Waals surface area contributed by atoms with Gasteiger partial charge in [0.25, 0.3) is 11.8 Å². The molecule has 10 nitrogen and oxygen atoms in total. The molecule has 10 heteroatoms. The molecule has 29 heavy (non-hydrogen) atoms. The Morgan fingerprint density at radius 3 is 2.10 bits per heavy atom. The lowest BCUT2D eigenvalue weighted by Gasteiger charge is -2.38. The molecule has 2 N–H and O–H groups in total. The van der Waals surface area contributed by atoms with Crippen molar-refractivity contribution < 1.29 is 28.8 Å². The third-order valence-corrected chi connectivity index (χ3v) is 5.37. The average Bonchev–Trinajstić information content (AvgIpc) is 2.96. The number of amides is 4. The van der Waals surface area contributed by atoms with Gasteiger partial charge in [0.15, 0.2) is 0 Å². The summed E-state index contributed by atoms with van der Waals surface area (Å²) in [6.07, 6.45) is 3.20. The van der Waals surface area contributed by atoms with Crippen molar-refractivity contribution in [3.05, 3.63) is 0 Å². The molecule has 0 aromatic heterocycles. The van der Waals surface area contributed by atoms with Crippen molar-refractivity contribution in [3.63, 3.8) is 0 Å². The second kappa shape index (κ2) is 9.82. The van der Waals surface area contributed by atoms with Crippen molar-refractivity contribution >= 4 is 29.6 Å². The normalized spacial score (nSPS) is 24.8. The predicted octanol–water partition coefficient (Wildman–Crippen LogP) is -0.134. The number of nitrogens with zero attached hydrogens (tertiary/aromatic N) is 2. The standard InChI is InChI=1S/C19H30N4O6/c1-11-6-5-7-12(2)22(11)10-15(24)20-13(3)18(27)21-14(4)19(28)29-23-16(25)8-9-17(23)26/h11-14H,5-10H2,1-4H3,(H,20,24)(H,21,27). The molecule has 0 aromatic rings. The third-order valence-electron chi connectivity index (χ3n) is 5.37. The molecule has 4 amide bonds. The minimum Gasteiger partial charge on any atom is -0.343 e. The quantitative estimate of drug-likeness (QED) is 0.560. The summed E-state index contributed by atoms with van der Waals surface area (Å²) >= 11 is 0. The van der Waals surface area contributed by atoms with Gasteiger partial charge in [0.1, 0.15) is 12.1 Å². The molecule has 2 saturated heterocycles. The number of hydrogen-bond donors (Lipinski definition) is 2. The molecule has 2 aliphatic heterocycles. The van der Waals surface area contributed by atoms with E-state index >= 15 is 0 Å². The van der Waals surface area contributed by atoms with Crippen LogP contribution in [0.4, 0.5) is 0 Å². The molecule has 162 valence electrons. The van der Waals surface area contributed by atoms with Gasteiger partial charge in [0.05, 0.1) is 6.54 Å². The van der Waals surface area contributed by atoms with E-state index in [1.54, 1.807) is 0 Å². The van der Waals surface area contributed by atoms with Gasteiger partial charge in [-0.15, -0.1) is 5.06 Å². The van der Waals surface area contributed by atoms with Gasteiger partial charge in [0.2, 0.25) is 11.8 Å². The zero-order valence-corrected chi connectivity index (χ0v) is 17.4. The first-order valence-corrected chi connectivity index (χ1v) is 10.0. The molecule has 0 saturated carbocycles. The molecule has 0 aliphatic carbocycles. The molecule has 0 spiro atoms. The van der Waals surface area contributed by atoms with Crippen molar-refractivity contribution in [1.82, 2.24) is 20.6 Å². The topological polar surface area (TPSA) is 125 Å². The van der Waals surface area contributed by atoms with E-state index in [1.807, 2.05) is 0 Å². The second-order valence-electron chi connectivity index (χ2n) is 7.81. The monoisotopic (exact) mass is 410 g/mol. The smallest absolute Gasteiger partial charge is 0.343 e. The largest absolute Gasteiger partial charge is 0.354 e. The molecule has 0 aromatic carbocycles. The Bertz CT molecular complexity index is 656. The summed E-state index contributed by atoms with van der Waals surface area (Å²) < 4.78 is 0. The maximum absolute atomic E-state index is 12.3. The van der Waals surface area contributed by atoms with E-state index in [1.165, 1.54) is 13.8 Å². The van der Waals surface area contributed by atoms with Crippen LogP contribution in [0, 0.1) is 0 Å². The van der Waals surface area contributed by atoms with Gasteiger partial charge in [-0.1, -0.05) is 6.42 Å². The van der Waals surface area contributed by atoms with Crippen LogP contribution < -0.4 is 10.6 Å². The SMILES string of the molecule is CC(NC(=O)CN1C(C)CCCC1C)C(=O)NC(C)C(=O)ON1C(=O)CCC1=O. The summed E-state index contributed by atoms with van der Waals surface area (Å²) in [6, 6.07) is -1.34. The predicted molar refractivity (Wildman–Crippen MR) is 102 cm³/mol. The third kappa shape index (κ3) is 5.99. The minimum absolute atomic E-state index is 0.00975. The highest BCUT2D eigenvalue weighted by atomic mass is 16.7. The summed E-state index contributed by atoms with van der Waals surface area (Å²) in [6.45, 7) is 7.26. The Morgan fingerprint density at radius 2 is 1.55 bits per heavy atom. The van der Waals surface area contributed by atoms with E-state index in [9.17, 15) is 24.0 Å². The number of nitrogens with one attached hydrogen (secondary N) is 2. The number of hydroxylamine groups is 2. The molecule has 2 heterocycles. The summed E-state index contributed by atoms with van der Waals surface area (Å²) in [5, 5.41) is 5.48. The van der Waals surface area contributed by atoms with Gasteiger partial charge in [-0.05, 0) is 40.5 Å². The highest BCUT2D eigenvalue weighted by Crippen LogP contribution is 2.21. The van der Waals surface area contributed by atoms with Gasteiger partial charge in [-0.25, -0.2) is 4.79 Å². The number of carbonyl (C=O) groups excluding carboxylic acids is 5. The van der Waals surface area contributed by atoms with Gasteiger partial charge < -0.3 is 15.5 Å². The fourth-order valence-corrected chi connectivity index (χ4v) is 3.53. The van der Waals surface area contributed by atoms with E-state index in [4.69, 9.17) is 4.84 Å². The molecule has 2 fully saturated rings. The van der Waals surface area contributed by atoms with Crippen LogP contribution in [0.15, 0.2) is 0 Å². The Hall–Kier alpha value is -2.49. The van der Waals surface area contributed by atoms with Crippen LogP contribution in [0.1, 0.15) is 59.8 Å². The van der Waals surface area contributed by atoms with Gasteiger partial charge >= 0.3 is 5.97 Å². The Labute approximate surface area is 170 Å². The van der Waals surface area contributed by atoms with Crippen LogP contribution in [-0.2, 0) is 28.8 Å². The maximum Gasteiger partial charge on any atom is 0.354 e. The summed E-state index contributed by atoms with van der Waals surface area (Å²) in [5.41, 5.74) is 0. The number of rotatable bonds is 7. The molecule has 4 atom stereocenters. The van der Waals surface area contributed by atoms with E-state index in [0.717, 1.165) is 19.3 Å². The van der Waals surface area contributed by atoms with Crippen molar-refractivity contribution in [2.24, 2.45) is 0 Å². The zero-order chi connectivity index (χ0) is 21.7. The van der Waals surface area contributed by atoms with Crippen LogP contribution in [-0.4, -0.2) is 70.3 Å². The van der Waals surface area contributed by atoms with Crippen molar-refractivity contribution in [2.75, 3.05) is 6.54 Å². The molecular formula is C19H30N4O6. The van der Waals surface area contributed by atoms with E-state index in [2.05, 4.69) is 29.4 Å². The fraction of sp³-hybridized carbons (Fsp3) is 0.737. The number of likely N-dealkylation sites (tertiary alicyclic amines) is 1. The molecule has 2 aliphatic rings. The van der Waals surface area contributed by atoms with Crippen LogP contribution in [0.3, 0.4) is 0 Å². The Balaban J connectivity index is 1.80. The molecular weight excluding hydrogens is 380 g/mol. The Morgan fingerprint density at radius 1 is 1.00 bits per heavy atom. The van der Waals surface area contributed by atoms with Gasteiger partial charge in [-0.2, -0.15) is 0 Å². The summed E-state index contributed by atoms with van der Waals surface area (Å²) in [5.74, 6) is -2.96.